The Morgan fingerprint density at radius 2 is 2.42 bits per heavy atom. The van der Waals surface area contributed by atoms with Crippen LogP contribution in [-0.4, -0.2) is 10.2 Å². The Labute approximate surface area is 78.6 Å². The minimum atomic E-state index is -0.714. The van der Waals surface area contributed by atoms with Crippen LogP contribution in [0.1, 0.15) is 15.9 Å². The van der Waals surface area contributed by atoms with E-state index >= 15 is 0 Å². The number of aromatic nitrogens is 1. The Kier molecular flexibility index (Phi) is 2.58. The fourth-order valence-electron chi connectivity index (χ4n) is 0.767. The van der Waals surface area contributed by atoms with Crippen molar-refractivity contribution >= 4 is 29.1 Å². The number of carbonyl (C=O) groups is 1. The highest BCUT2D eigenvalue weighted by Gasteiger charge is 2.09. The SMILES string of the molecule is N#Cc1cc[nH]c(=S)c1C(=O)Cl. The number of hydrogen-bond donors (Lipinski definition) is 1. The second-order valence-corrected chi connectivity index (χ2v) is 2.73. The third-order valence-electron chi connectivity index (χ3n) is 1.28. The van der Waals surface area contributed by atoms with E-state index in [4.69, 9.17) is 29.1 Å². The Balaban J connectivity index is 3.54. The molecule has 0 saturated heterocycles. The topological polar surface area (TPSA) is 56.6 Å². The molecule has 0 radical (unpaired) electrons. The van der Waals surface area contributed by atoms with Gasteiger partial charge in [0.05, 0.1) is 11.1 Å². The van der Waals surface area contributed by atoms with Crippen LogP contribution in [0.4, 0.5) is 0 Å². The first-order valence-electron chi connectivity index (χ1n) is 2.98. The van der Waals surface area contributed by atoms with E-state index in [1.165, 1.54) is 12.3 Å². The highest BCUT2D eigenvalue weighted by molar-refractivity contribution is 7.71. The van der Waals surface area contributed by atoms with Gasteiger partial charge >= 0.3 is 0 Å². The number of pyridine rings is 1. The maximum atomic E-state index is 10.8. The van der Waals surface area contributed by atoms with Crippen LogP contribution in [0.5, 0.6) is 0 Å². The molecule has 0 aliphatic carbocycles. The summed E-state index contributed by atoms with van der Waals surface area (Å²) in [6, 6.07) is 3.28. The summed E-state index contributed by atoms with van der Waals surface area (Å²) in [5, 5.41) is 7.86. The molecule has 0 amide bonds. The number of rotatable bonds is 1. The molecule has 3 nitrogen and oxygen atoms in total. The van der Waals surface area contributed by atoms with E-state index in [1.807, 2.05) is 6.07 Å². The predicted molar refractivity (Wildman–Crippen MR) is 46.5 cm³/mol. The van der Waals surface area contributed by atoms with Gasteiger partial charge in [0.1, 0.15) is 10.7 Å². The van der Waals surface area contributed by atoms with Crippen molar-refractivity contribution < 1.29 is 4.79 Å². The van der Waals surface area contributed by atoms with Crippen LogP contribution in [0.3, 0.4) is 0 Å². The van der Waals surface area contributed by atoms with Gasteiger partial charge in [0.25, 0.3) is 5.24 Å². The maximum Gasteiger partial charge on any atom is 0.256 e. The van der Waals surface area contributed by atoms with Crippen LogP contribution in [0.2, 0.25) is 0 Å². The molecule has 0 fully saturated rings. The molecule has 1 rings (SSSR count). The van der Waals surface area contributed by atoms with E-state index in [0.29, 0.717) is 0 Å². The second-order valence-electron chi connectivity index (χ2n) is 1.98. The van der Waals surface area contributed by atoms with Gasteiger partial charge in [-0.1, -0.05) is 12.2 Å². The van der Waals surface area contributed by atoms with E-state index < -0.39 is 5.24 Å². The first-order valence-corrected chi connectivity index (χ1v) is 3.77. The van der Waals surface area contributed by atoms with E-state index in [1.54, 1.807) is 0 Å². The number of nitrogens with zero attached hydrogens (tertiary/aromatic N) is 1. The molecule has 0 aliphatic rings. The highest BCUT2D eigenvalue weighted by Crippen LogP contribution is 2.10. The molecule has 0 aromatic carbocycles. The van der Waals surface area contributed by atoms with E-state index in [-0.39, 0.29) is 15.8 Å². The number of hydrogen-bond acceptors (Lipinski definition) is 3. The van der Waals surface area contributed by atoms with Gasteiger partial charge in [-0.05, 0) is 17.7 Å². The Bertz CT molecular complexity index is 418. The maximum absolute atomic E-state index is 10.8. The van der Waals surface area contributed by atoms with Gasteiger partial charge in [0.2, 0.25) is 0 Å². The summed E-state index contributed by atoms with van der Waals surface area (Å²) in [5.74, 6) is 0. The van der Waals surface area contributed by atoms with Gasteiger partial charge in [-0.15, -0.1) is 0 Å². The van der Waals surface area contributed by atoms with Crippen LogP contribution < -0.4 is 0 Å². The standard InChI is InChI=1S/C7H3ClN2OS/c8-6(11)5-4(3-9)1-2-10-7(5)12/h1-2H,(H,10,12). The van der Waals surface area contributed by atoms with E-state index in [2.05, 4.69) is 4.98 Å². The summed E-state index contributed by atoms with van der Waals surface area (Å²) in [6.45, 7) is 0. The van der Waals surface area contributed by atoms with Gasteiger partial charge in [0, 0.05) is 6.20 Å². The molecule has 0 atom stereocenters. The summed E-state index contributed by atoms with van der Waals surface area (Å²) in [4.78, 5) is 13.4. The van der Waals surface area contributed by atoms with Gasteiger partial charge in [-0.2, -0.15) is 5.26 Å². The summed E-state index contributed by atoms with van der Waals surface area (Å²) in [6.07, 6.45) is 1.49. The number of nitriles is 1. The average Bonchev–Trinajstić information content (AvgIpc) is 2.03. The third kappa shape index (κ3) is 1.52. The normalized spacial score (nSPS) is 9.00. The van der Waals surface area contributed by atoms with Crippen molar-refractivity contribution in [3.63, 3.8) is 0 Å². The fourth-order valence-corrected chi connectivity index (χ4v) is 1.29. The van der Waals surface area contributed by atoms with Crippen LogP contribution >= 0.6 is 23.8 Å². The number of carbonyl (C=O) groups excluding carboxylic acids is 1. The molecule has 0 saturated carbocycles. The molecule has 5 heteroatoms. The molecule has 0 spiro atoms. The van der Waals surface area contributed by atoms with Crippen LogP contribution in [-0.2, 0) is 0 Å². The summed E-state index contributed by atoms with van der Waals surface area (Å²) < 4.78 is 0.189. The molecule has 1 aromatic heterocycles. The van der Waals surface area contributed by atoms with Crippen molar-refractivity contribution in [2.45, 2.75) is 0 Å². The Morgan fingerprint density at radius 3 is 2.83 bits per heavy atom. The van der Waals surface area contributed by atoms with Crippen molar-refractivity contribution in [3.8, 4) is 6.07 Å². The molecule has 12 heavy (non-hydrogen) atoms. The molecule has 1 N–H and O–H groups in total. The lowest BCUT2D eigenvalue weighted by Gasteiger charge is -1.95. The lowest BCUT2D eigenvalue weighted by Crippen LogP contribution is -1.96. The van der Waals surface area contributed by atoms with Crippen molar-refractivity contribution in [2.24, 2.45) is 0 Å². The number of H-pyrrole nitrogens is 1. The molecular formula is C7H3ClN2OS. The zero-order chi connectivity index (χ0) is 9.14. The summed E-state index contributed by atoms with van der Waals surface area (Å²) in [5.41, 5.74) is 0.260. The largest absolute Gasteiger partial charge is 0.352 e. The third-order valence-corrected chi connectivity index (χ3v) is 1.79. The van der Waals surface area contributed by atoms with E-state index in [0.717, 1.165) is 0 Å². The second kappa shape index (κ2) is 3.48. The lowest BCUT2D eigenvalue weighted by molar-refractivity contribution is 0.108. The minimum Gasteiger partial charge on any atom is -0.352 e. The number of aromatic amines is 1. The van der Waals surface area contributed by atoms with E-state index in [9.17, 15) is 4.79 Å². The van der Waals surface area contributed by atoms with Crippen molar-refractivity contribution in [1.82, 2.24) is 4.98 Å². The summed E-state index contributed by atoms with van der Waals surface area (Å²) >= 11 is 9.99. The molecule has 0 bridgehead atoms. The first-order chi connectivity index (χ1) is 5.66. The molecule has 60 valence electrons. The highest BCUT2D eigenvalue weighted by atomic mass is 35.5. The Hall–Kier alpha value is -1.18. The predicted octanol–water partition coefficient (Wildman–Crippen LogP) is 1.99. The quantitative estimate of drug-likeness (QED) is 0.555. The average molecular weight is 199 g/mol. The van der Waals surface area contributed by atoms with Crippen molar-refractivity contribution in [1.29, 1.82) is 5.26 Å². The summed E-state index contributed by atoms with van der Waals surface area (Å²) in [7, 11) is 0. The van der Waals surface area contributed by atoms with Gasteiger partial charge < -0.3 is 4.98 Å². The van der Waals surface area contributed by atoms with Crippen LogP contribution in [0, 0.1) is 16.0 Å². The van der Waals surface area contributed by atoms with Gasteiger partial charge in [-0.25, -0.2) is 0 Å². The van der Waals surface area contributed by atoms with Gasteiger partial charge in [0.15, 0.2) is 0 Å². The first kappa shape index (κ1) is 8.91. The molecule has 0 unspecified atom stereocenters. The van der Waals surface area contributed by atoms with Crippen LogP contribution in [0.15, 0.2) is 12.3 Å². The number of nitrogens with one attached hydrogen (secondary N) is 1. The zero-order valence-electron chi connectivity index (χ0n) is 5.80. The molecule has 1 heterocycles. The Morgan fingerprint density at radius 1 is 1.75 bits per heavy atom. The molecule has 0 aliphatic heterocycles. The van der Waals surface area contributed by atoms with Gasteiger partial charge in [-0.3, -0.25) is 4.79 Å². The molecule has 1 aromatic rings. The number of halogens is 1. The fraction of sp³-hybridized carbons (Fsp3) is 0. The lowest BCUT2D eigenvalue weighted by atomic mass is 10.2. The van der Waals surface area contributed by atoms with Crippen molar-refractivity contribution in [2.75, 3.05) is 0 Å². The molecular weight excluding hydrogens is 196 g/mol. The van der Waals surface area contributed by atoms with Crippen molar-refractivity contribution in [3.05, 3.63) is 28.0 Å². The zero-order valence-corrected chi connectivity index (χ0v) is 7.37. The smallest absolute Gasteiger partial charge is 0.256 e. The van der Waals surface area contributed by atoms with Crippen LogP contribution in [0.25, 0.3) is 0 Å². The minimum absolute atomic E-state index is 0.0664. The monoisotopic (exact) mass is 198 g/mol.